The molecule has 2 rings (SSSR count). The minimum absolute atomic E-state index is 0.192. The van der Waals surface area contributed by atoms with Gasteiger partial charge in [0.2, 0.25) is 10.0 Å². The van der Waals surface area contributed by atoms with Crippen LogP contribution in [0.5, 0.6) is 0 Å². The van der Waals surface area contributed by atoms with E-state index in [9.17, 15) is 13.2 Å². The van der Waals surface area contributed by atoms with Crippen LogP contribution in [-0.2, 0) is 16.4 Å². The highest BCUT2D eigenvalue weighted by Gasteiger charge is 2.15. The largest absolute Gasteiger partial charge is 0.322 e. The van der Waals surface area contributed by atoms with Crippen molar-refractivity contribution in [2.24, 2.45) is 0 Å². The van der Waals surface area contributed by atoms with Crippen molar-refractivity contribution in [3.05, 3.63) is 59.7 Å². The monoisotopic (exact) mass is 374 g/mol. The first-order valence-corrected chi connectivity index (χ1v) is 10.4. The number of benzene rings is 2. The molecule has 26 heavy (non-hydrogen) atoms. The first-order chi connectivity index (χ1) is 12.3. The molecule has 0 radical (unpaired) electrons. The fraction of sp³-hybridized carbons (Fsp3) is 0.350. The Bertz CT molecular complexity index is 826. The summed E-state index contributed by atoms with van der Waals surface area (Å²) in [4.78, 5) is 12.3. The van der Waals surface area contributed by atoms with Gasteiger partial charge in [-0.15, -0.1) is 0 Å². The molecular weight excluding hydrogens is 348 g/mol. The molecule has 0 saturated heterocycles. The molecule has 2 aromatic rings. The third kappa shape index (κ3) is 5.59. The summed E-state index contributed by atoms with van der Waals surface area (Å²) in [6.07, 6.45) is 3.30. The highest BCUT2D eigenvalue weighted by molar-refractivity contribution is 7.93. The number of hydrogen-bond acceptors (Lipinski definition) is 3. The maximum atomic E-state index is 12.3. The van der Waals surface area contributed by atoms with E-state index < -0.39 is 15.3 Å². The Morgan fingerprint density at radius 3 is 2.08 bits per heavy atom. The number of nitrogens with one attached hydrogen (secondary N) is 2. The van der Waals surface area contributed by atoms with Gasteiger partial charge in [-0.3, -0.25) is 9.52 Å². The predicted octanol–water partition coefficient (Wildman–Crippen LogP) is 4.43. The van der Waals surface area contributed by atoms with E-state index in [2.05, 4.69) is 17.0 Å². The number of unbranched alkanes of at least 4 members (excludes halogenated alkanes) is 1. The lowest BCUT2D eigenvalue weighted by molar-refractivity contribution is 0.102. The summed E-state index contributed by atoms with van der Waals surface area (Å²) in [5, 5.41) is 2.31. The third-order valence-electron chi connectivity index (χ3n) is 4.06. The molecule has 0 saturated carbocycles. The number of amides is 1. The number of sulfonamides is 1. The Labute approximate surface area is 155 Å². The van der Waals surface area contributed by atoms with Crippen LogP contribution in [0.15, 0.2) is 48.5 Å². The second-order valence-electron chi connectivity index (χ2n) is 6.53. The smallest absolute Gasteiger partial charge is 0.255 e. The highest BCUT2D eigenvalue weighted by atomic mass is 32.2. The summed E-state index contributed by atoms with van der Waals surface area (Å²) in [6.45, 7) is 5.38. The molecule has 6 heteroatoms. The van der Waals surface area contributed by atoms with Gasteiger partial charge in [0, 0.05) is 16.9 Å². The maximum Gasteiger partial charge on any atom is 0.255 e. The number of carbonyl (C=O) groups excluding carboxylic acids is 1. The van der Waals surface area contributed by atoms with Crippen LogP contribution in [0.3, 0.4) is 0 Å². The van der Waals surface area contributed by atoms with Gasteiger partial charge in [0.15, 0.2) is 0 Å². The van der Waals surface area contributed by atoms with E-state index in [-0.39, 0.29) is 5.91 Å². The average Bonchev–Trinajstić information content (AvgIpc) is 2.61. The number of carbonyl (C=O) groups is 1. The second kappa shape index (κ2) is 8.85. The summed E-state index contributed by atoms with van der Waals surface area (Å²) in [6, 6.07) is 14.2. The molecule has 0 aromatic heterocycles. The van der Waals surface area contributed by atoms with Gasteiger partial charge >= 0.3 is 0 Å². The van der Waals surface area contributed by atoms with Crippen molar-refractivity contribution < 1.29 is 13.2 Å². The Morgan fingerprint density at radius 1 is 0.962 bits per heavy atom. The molecule has 2 aromatic carbocycles. The molecular formula is C20H26N2O3S. The average molecular weight is 375 g/mol. The lowest BCUT2D eigenvalue weighted by atomic mass is 10.1. The van der Waals surface area contributed by atoms with Crippen molar-refractivity contribution in [2.45, 2.75) is 45.3 Å². The lowest BCUT2D eigenvalue weighted by Gasteiger charge is -2.11. The van der Waals surface area contributed by atoms with Crippen LogP contribution in [0.1, 0.15) is 49.5 Å². The van der Waals surface area contributed by atoms with E-state index in [4.69, 9.17) is 0 Å². The minimum Gasteiger partial charge on any atom is -0.322 e. The zero-order valence-corrected chi connectivity index (χ0v) is 16.3. The van der Waals surface area contributed by atoms with Gasteiger partial charge in [-0.25, -0.2) is 8.42 Å². The summed E-state index contributed by atoms with van der Waals surface area (Å²) in [5.41, 5.74) is 2.90. The topological polar surface area (TPSA) is 75.3 Å². The Kier molecular flexibility index (Phi) is 6.80. The first kappa shape index (κ1) is 20.0. The van der Waals surface area contributed by atoms with Crippen molar-refractivity contribution in [1.82, 2.24) is 0 Å². The maximum absolute atomic E-state index is 12.3. The minimum atomic E-state index is -3.38. The van der Waals surface area contributed by atoms with Gasteiger partial charge in [-0.2, -0.15) is 0 Å². The quantitative estimate of drug-likeness (QED) is 0.718. The van der Waals surface area contributed by atoms with E-state index in [1.165, 1.54) is 5.56 Å². The van der Waals surface area contributed by atoms with Gasteiger partial charge in [0.25, 0.3) is 5.91 Å². The lowest BCUT2D eigenvalue weighted by Crippen LogP contribution is -2.22. The van der Waals surface area contributed by atoms with Gasteiger partial charge < -0.3 is 5.32 Å². The Hall–Kier alpha value is -2.34. The van der Waals surface area contributed by atoms with Crippen LogP contribution in [0.25, 0.3) is 0 Å². The third-order valence-corrected chi connectivity index (χ3v) is 5.82. The van der Waals surface area contributed by atoms with E-state index in [0.717, 1.165) is 19.3 Å². The highest BCUT2D eigenvalue weighted by Crippen LogP contribution is 2.17. The Morgan fingerprint density at radius 2 is 1.54 bits per heavy atom. The van der Waals surface area contributed by atoms with E-state index in [1.54, 1.807) is 38.1 Å². The standard InChI is InChI=1S/C20H26N2O3S/c1-4-5-6-16-7-9-17(10-8-16)20(23)21-18-11-13-19(14-12-18)22-26(24,25)15(2)3/h7-15,22H,4-6H2,1-3H3,(H,21,23). The van der Waals surface area contributed by atoms with Crippen LogP contribution in [0.2, 0.25) is 0 Å². The van der Waals surface area contributed by atoms with Crippen LogP contribution in [0, 0.1) is 0 Å². The van der Waals surface area contributed by atoms with Crippen LogP contribution in [0.4, 0.5) is 11.4 Å². The van der Waals surface area contributed by atoms with E-state index in [1.807, 2.05) is 24.3 Å². The van der Waals surface area contributed by atoms with Gasteiger partial charge in [-0.05, 0) is 68.7 Å². The van der Waals surface area contributed by atoms with Crippen molar-refractivity contribution in [3.63, 3.8) is 0 Å². The summed E-state index contributed by atoms with van der Waals surface area (Å²) in [5.74, 6) is -0.192. The first-order valence-electron chi connectivity index (χ1n) is 8.84. The van der Waals surface area contributed by atoms with Crippen LogP contribution in [-0.4, -0.2) is 19.6 Å². The van der Waals surface area contributed by atoms with Crippen molar-refractivity contribution in [2.75, 3.05) is 10.0 Å². The fourth-order valence-corrected chi connectivity index (χ4v) is 3.01. The molecule has 1 amide bonds. The normalized spacial score (nSPS) is 11.4. The summed E-state index contributed by atoms with van der Waals surface area (Å²) >= 11 is 0. The van der Waals surface area contributed by atoms with E-state index in [0.29, 0.717) is 16.9 Å². The molecule has 0 aliphatic carbocycles. The molecule has 0 aliphatic rings. The van der Waals surface area contributed by atoms with Gasteiger partial charge in [-0.1, -0.05) is 25.5 Å². The molecule has 0 unspecified atom stereocenters. The van der Waals surface area contributed by atoms with Crippen molar-refractivity contribution in [1.29, 1.82) is 0 Å². The molecule has 0 atom stereocenters. The molecule has 0 spiro atoms. The number of aryl methyl sites for hydroxylation is 1. The zero-order chi connectivity index (χ0) is 19.2. The van der Waals surface area contributed by atoms with Crippen molar-refractivity contribution >= 4 is 27.3 Å². The Balaban J connectivity index is 1.99. The van der Waals surface area contributed by atoms with Crippen LogP contribution < -0.4 is 10.0 Å². The number of anilines is 2. The number of hydrogen-bond donors (Lipinski definition) is 2. The molecule has 0 aliphatic heterocycles. The molecule has 0 bridgehead atoms. The van der Waals surface area contributed by atoms with E-state index >= 15 is 0 Å². The molecule has 0 heterocycles. The zero-order valence-electron chi connectivity index (χ0n) is 15.5. The van der Waals surface area contributed by atoms with Gasteiger partial charge in [0.1, 0.15) is 0 Å². The molecule has 0 fully saturated rings. The molecule has 2 N–H and O–H groups in total. The fourth-order valence-electron chi connectivity index (χ4n) is 2.31. The second-order valence-corrected chi connectivity index (χ2v) is 8.76. The molecule has 5 nitrogen and oxygen atoms in total. The molecule has 140 valence electrons. The number of rotatable bonds is 8. The van der Waals surface area contributed by atoms with Crippen molar-refractivity contribution in [3.8, 4) is 0 Å². The summed E-state index contributed by atoms with van der Waals surface area (Å²) in [7, 11) is -3.38. The van der Waals surface area contributed by atoms with Crippen LogP contribution >= 0.6 is 0 Å². The predicted molar refractivity (Wildman–Crippen MR) is 107 cm³/mol. The SMILES string of the molecule is CCCCc1ccc(C(=O)Nc2ccc(NS(=O)(=O)C(C)C)cc2)cc1. The summed E-state index contributed by atoms with van der Waals surface area (Å²) < 4.78 is 26.2. The van der Waals surface area contributed by atoms with Gasteiger partial charge in [0.05, 0.1) is 5.25 Å².